The van der Waals surface area contributed by atoms with E-state index in [1.54, 1.807) is 7.11 Å². The molecule has 2 heteroatoms. The summed E-state index contributed by atoms with van der Waals surface area (Å²) in [6, 6.07) is 16.5. The number of aryl methyl sites for hydroxylation is 1. The smallest absolute Gasteiger partial charge is 0.119 e. The summed E-state index contributed by atoms with van der Waals surface area (Å²) in [5.41, 5.74) is 3.54. The van der Waals surface area contributed by atoms with E-state index < -0.39 is 0 Å². The second kappa shape index (κ2) is 6.63. The van der Waals surface area contributed by atoms with Crippen LogP contribution in [0.3, 0.4) is 0 Å². The molecule has 0 fully saturated rings. The fourth-order valence-electron chi connectivity index (χ4n) is 2.13. The van der Waals surface area contributed by atoms with Gasteiger partial charge >= 0.3 is 0 Å². The third kappa shape index (κ3) is 3.51. The zero-order chi connectivity index (χ0) is 13.7. The molecule has 0 spiro atoms. The first-order chi connectivity index (χ1) is 9.24. The number of hydrogen-bond acceptors (Lipinski definition) is 1. The van der Waals surface area contributed by atoms with E-state index in [0.717, 1.165) is 23.3 Å². The predicted octanol–water partition coefficient (Wildman–Crippen LogP) is 4.98. The van der Waals surface area contributed by atoms with Gasteiger partial charge in [-0.2, -0.15) is 0 Å². The fourth-order valence-corrected chi connectivity index (χ4v) is 2.41. The molecule has 1 nitrogen and oxygen atoms in total. The number of halogens is 1. The number of methoxy groups -OCH3 is 1. The highest BCUT2D eigenvalue weighted by molar-refractivity contribution is 6.22. The number of benzene rings is 2. The van der Waals surface area contributed by atoms with Crippen LogP contribution >= 0.6 is 11.6 Å². The molecule has 2 aromatic rings. The highest BCUT2D eigenvalue weighted by Gasteiger charge is 2.11. The van der Waals surface area contributed by atoms with Crippen LogP contribution < -0.4 is 4.74 Å². The predicted molar refractivity (Wildman–Crippen MR) is 81.1 cm³/mol. The summed E-state index contributed by atoms with van der Waals surface area (Å²) in [5, 5.41) is -0.134. The molecule has 2 rings (SSSR count). The van der Waals surface area contributed by atoms with Crippen molar-refractivity contribution in [1.29, 1.82) is 0 Å². The zero-order valence-corrected chi connectivity index (χ0v) is 12.2. The molecule has 0 aliphatic rings. The Morgan fingerprint density at radius 2 is 1.79 bits per heavy atom. The van der Waals surface area contributed by atoms with E-state index >= 15 is 0 Å². The average molecular weight is 275 g/mol. The van der Waals surface area contributed by atoms with Gasteiger partial charge in [-0.15, -0.1) is 11.6 Å². The van der Waals surface area contributed by atoms with Gasteiger partial charge in [0.1, 0.15) is 5.75 Å². The van der Waals surface area contributed by atoms with Gasteiger partial charge in [0.25, 0.3) is 0 Å². The van der Waals surface area contributed by atoms with E-state index in [4.69, 9.17) is 16.3 Å². The lowest BCUT2D eigenvalue weighted by molar-refractivity contribution is 0.414. The van der Waals surface area contributed by atoms with Gasteiger partial charge in [0.15, 0.2) is 0 Å². The Balaban J connectivity index is 2.20. The fraction of sp³-hybridized carbons (Fsp3) is 0.294. The Bertz CT molecular complexity index is 519. The van der Waals surface area contributed by atoms with Crippen LogP contribution in [-0.4, -0.2) is 7.11 Å². The monoisotopic (exact) mass is 274 g/mol. The van der Waals surface area contributed by atoms with Crippen molar-refractivity contribution in [2.45, 2.75) is 25.1 Å². The van der Waals surface area contributed by atoms with Gasteiger partial charge in [0.2, 0.25) is 0 Å². The molecule has 0 aliphatic carbocycles. The summed E-state index contributed by atoms with van der Waals surface area (Å²) in [7, 11) is 1.67. The van der Waals surface area contributed by atoms with E-state index in [0.29, 0.717) is 0 Å². The third-order valence-electron chi connectivity index (χ3n) is 3.20. The van der Waals surface area contributed by atoms with E-state index in [-0.39, 0.29) is 5.38 Å². The molecule has 0 aliphatic heterocycles. The second-order valence-corrected chi connectivity index (χ2v) is 5.07. The highest BCUT2D eigenvalue weighted by atomic mass is 35.5. The van der Waals surface area contributed by atoms with Crippen molar-refractivity contribution in [2.24, 2.45) is 0 Å². The molecule has 1 unspecified atom stereocenters. The molecule has 0 amide bonds. The molecule has 0 radical (unpaired) electrons. The molecular weight excluding hydrogens is 256 g/mol. The molecular formula is C17H19ClO. The lowest BCUT2D eigenvalue weighted by Gasteiger charge is -2.12. The van der Waals surface area contributed by atoms with Crippen molar-refractivity contribution in [1.82, 2.24) is 0 Å². The van der Waals surface area contributed by atoms with Gasteiger partial charge in [-0.05, 0) is 35.2 Å². The number of hydrogen-bond donors (Lipinski definition) is 0. The maximum atomic E-state index is 6.53. The first kappa shape index (κ1) is 14.0. The largest absolute Gasteiger partial charge is 0.497 e. The molecule has 1 atom stereocenters. The minimum absolute atomic E-state index is 0.134. The minimum Gasteiger partial charge on any atom is -0.497 e. The Morgan fingerprint density at radius 3 is 2.42 bits per heavy atom. The molecule has 100 valence electrons. The van der Waals surface area contributed by atoms with E-state index in [1.807, 2.05) is 24.3 Å². The summed E-state index contributed by atoms with van der Waals surface area (Å²) in [6.45, 7) is 2.19. The normalized spacial score (nSPS) is 12.2. The Labute approximate surface area is 120 Å². The molecule has 0 saturated carbocycles. The summed E-state index contributed by atoms with van der Waals surface area (Å²) >= 11 is 6.53. The van der Waals surface area contributed by atoms with Crippen molar-refractivity contribution < 1.29 is 4.74 Å². The molecule has 2 aromatic carbocycles. The van der Waals surface area contributed by atoms with Gasteiger partial charge < -0.3 is 4.74 Å². The van der Waals surface area contributed by atoms with Crippen molar-refractivity contribution in [3.63, 3.8) is 0 Å². The van der Waals surface area contributed by atoms with Crippen LogP contribution in [0.2, 0.25) is 0 Å². The molecule has 0 N–H and O–H groups in total. The standard InChI is InChI=1S/C17H19ClO/c1-3-5-13-8-10-14(11-9-13)17(18)15-6-4-7-16(12-15)19-2/h4,6-12,17H,3,5H2,1-2H3. The lowest BCUT2D eigenvalue weighted by atomic mass is 10.0. The third-order valence-corrected chi connectivity index (χ3v) is 3.70. The number of rotatable bonds is 5. The number of alkyl halides is 1. The van der Waals surface area contributed by atoms with Crippen molar-refractivity contribution in [2.75, 3.05) is 7.11 Å². The van der Waals surface area contributed by atoms with Crippen molar-refractivity contribution >= 4 is 11.6 Å². The van der Waals surface area contributed by atoms with E-state index in [1.165, 1.54) is 12.0 Å². The maximum absolute atomic E-state index is 6.53. The van der Waals surface area contributed by atoms with Gasteiger partial charge in [-0.3, -0.25) is 0 Å². The summed E-state index contributed by atoms with van der Waals surface area (Å²) in [5.74, 6) is 0.839. The van der Waals surface area contributed by atoms with Crippen molar-refractivity contribution in [3.8, 4) is 5.75 Å². The Kier molecular flexibility index (Phi) is 4.86. The summed E-state index contributed by atoms with van der Waals surface area (Å²) in [6.07, 6.45) is 2.28. The molecule has 19 heavy (non-hydrogen) atoms. The van der Waals surface area contributed by atoms with Gasteiger partial charge in [0.05, 0.1) is 12.5 Å². The van der Waals surface area contributed by atoms with E-state index in [2.05, 4.69) is 31.2 Å². The molecule has 0 heterocycles. The highest BCUT2D eigenvalue weighted by Crippen LogP contribution is 2.30. The van der Waals surface area contributed by atoms with Crippen LogP contribution in [0.4, 0.5) is 0 Å². The van der Waals surface area contributed by atoms with Crippen LogP contribution in [0.15, 0.2) is 48.5 Å². The minimum atomic E-state index is -0.134. The Hall–Kier alpha value is -1.47. The summed E-state index contributed by atoms with van der Waals surface area (Å²) in [4.78, 5) is 0. The van der Waals surface area contributed by atoms with Crippen molar-refractivity contribution in [3.05, 3.63) is 65.2 Å². The first-order valence-corrected chi connectivity index (χ1v) is 7.05. The van der Waals surface area contributed by atoms with Gasteiger partial charge in [0, 0.05) is 0 Å². The van der Waals surface area contributed by atoms with Crippen LogP contribution in [0.1, 0.15) is 35.4 Å². The van der Waals surface area contributed by atoms with Crippen LogP contribution in [0.5, 0.6) is 5.75 Å². The molecule has 0 aromatic heterocycles. The molecule has 0 saturated heterocycles. The summed E-state index contributed by atoms with van der Waals surface area (Å²) < 4.78 is 5.23. The zero-order valence-electron chi connectivity index (χ0n) is 11.4. The lowest BCUT2D eigenvalue weighted by Crippen LogP contribution is -1.95. The van der Waals surface area contributed by atoms with Gasteiger partial charge in [-0.1, -0.05) is 49.7 Å². The van der Waals surface area contributed by atoms with Gasteiger partial charge in [-0.25, -0.2) is 0 Å². The quantitative estimate of drug-likeness (QED) is 0.699. The average Bonchev–Trinajstić information content (AvgIpc) is 2.48. The van der Waals surface area contributed by atoms with Crippen LogP contribution in [0.25, 0.3) is 0 Å². The van der Waals surface area contributed by atoms with Crippen LogP contribution in [-0.2, 0) is 6.42 Å². The van der Waals surface area contributed by atoms with E-state index in [9.17, 15) is 0 Å². The topological polar surface area (TPSA) is 9.23 Å². The Morgan fingerprint density at radius 1 is 1.05 bits per heavy atom. The van der Waals surface area contributed by atoms with Crippen LogP contribution in [0, 0.1) is 0 Å². The second-order valence-electron chi connectivity index (χ2n) is 4.63. The SMILES string of the molecule is CCCc1ccc(C(Cl)c2cccc(OC)c2)cc1. The maximum Gasteiger partial charge on any atom is 0.119 e. The first-order valence-electron chi connectivity index (χ1n) is 6.61. The molecule has 0 bridgehead atoms. The number of ether oxygens (including phenoxy) is 1.